The number of aliphatic hydroxyl groups is 2. The Balaban J connectivity index is 1.38. The summed E-state index contributed by atoms with van der Waals surface area (Å²) in [4.78, 5) is 12.1. The molecule has 4 fully saturated rings. The molecule has 0 amide bonds. The number of halogens is 1. The second-order valence-electron chi connectivity index (χ2n) is 11.5. The van der Waals surface area contributed by atoms with Crippen LogP contribution in [0.4, 0.5) is 4.39 Å². The molecule has 1 saturated heterocycles. The number of ether oxygens (including phenoxy) is 2. The molecule has 1 unspecified atom stereocenters. The average Bonchev–Trinajstić information content (AvgIpc) is 3.51. The SMILES string of the molecule is C[C@]12CCC(=O)C=C1CC[C@H]1[C@@H]3CC[C@](O)(C4(Oc5ccccc5)CO4)[C@@]3(C)C[C@H](O)[C@@]12F. The Labute approximate surface area is 194 Å². The number of hydrogen-bond acceptors (Lipinski definition) is 5. The lowest BCUT2D eigenvalue weighted by molar-refractivity contribution is -0.255. The Morgan fingerprint density at radius 2 is 1.82 bits per heavy atom. The van der Waals surface area contributed by atoms with Crippen LogP contribution in [0.1, 0.15) is 58.8 Å². The summed E-state index contributed by atoms with van der Waals surface area (Å²) in [7, 11) is 0. The summed E-state index contributed by atoms with van der Waals surface area (Å²) in [5, 5.41) is 23.7. The van der Waals surface area contributed by atoms with Crippen LogP contribution >= 0.6 is 0 Å². The molecule has 6 heteroatoms. The van der Waals surface area contributed by atoms with Gasteiger partial charge in [0, 0.05) is 23.2 Å². The molecule has 0 spiro atoms. The number of fused-ring (bicyclic) bond motifs is 5. The van der Waals surface area contributed by atoms with E-state index in [2.05, 4.69) is 0 Å². The van der Waals surface area contributed by atoms with E-state index >= 15 is 4.39 Å². The third-order valence-corrected chi connectivity index (χ3v) is 10.3. The van der Waals surface area contributed by atoms with Crippen molar-refractivity contribution in [1.82, 2.24) is 0 Å². The highest BCUT2D eigenvalue weighted by Gasteiger charge is 2.80. The van der Waals surface area contributed by atoms with Gasteiger partial charge < -0.3 is 19.7 Å². The zero-order chi connectivity index (χ0) is 23.3. The molecule has 1 aromatic rings. The molecule has 5 aliphatic rings. The predicted molar refractivity (Wildman–Crippen MR) is 119 cm³/mol. The Kier molecular flexibility index (Phi) is 4.40. The van der Waals surface area contributed by atoms with Gasteiger partial charge in [-0.1, -0.05) is 37.6 Å². The number of allylic oxidation sites excluding steroid dienone is 1. The third-order valence-electron chi connectivity index (χ3n) is 10.3. The maximum absolute atomic E-state index is 17.2. The first-order valence-electron chi connectivity index (χ1n) is 12.3. The van der Waals surface area contributed by atoms with E-state index in [1.807, 2.05) is 44.2 Å². The molecule has 8 atom stereocenters. The summed E-state index contributed by atoms with van der Waals surface area (Å²) in [5.41, 5.74) is -3.89. The first-order chi connectivity index (χ1) is 15.6. The topological polar surface area (TPSA) is 79.3 Å². The van der Waals surface area contributed by atoms with Crippen molar-refractivity contribution in [3.05, 3.63) is 42.0 Å². The Hall–Kier alpha value is -1.76. The number of benzene rings is 1. The molecular weight excluding hydrogens is 423 g/mol. The summed E-state index contributed by atoms with van der Waals surface area (Å²) in [6.07, 6.45) is 3.63. The zero-order valence-electron chi connectivity index (χ0n) is 19.4. The summed E-state index contributed by atoms with van der Waals surface area (Å²) >= 11 is 0. The van der Waals surface area contributed by atoms with Gasteiger partial charge in [0.25, 0.3) is 5.79 Å². The van der Waals surface area contributed by atoms with Gasteiger partial charge in [0.1, 0.15) is 23.6 Å². The van der Waals surface area contributed by atoms with E-state index in [4.69, 9.17) is 9.47 Å². The molecule has 6 rings (SSSR count). The highest BCUT2D eigenvalue weighted by atomic mass is 19.1. The number of para-hydroxylation sites is 1. The van der Waals surface area contributed by atoms with Crippen LogP contribution in [-0.4, -0.2) is 45.8 Å². The van der Waals surface area contributed by atoms with Crippen molar-refractivity contribution in [3.8, 4) is 5.75 Å². The summed E-state index contributed by atoms with van der Waals surface area (Å²) in [5.74, 6) is -0.982. The van der Waals surface area contributed by atoms with Gasteiger partial charge >= 0.3 is 0 Å². The van der Waals surface area contributed by atoms with Crippen molar-refractivity contribution >= 4 is 5.78 Å². The molecule has 4 aliphatic carbocycles. The van der Waals surface area contributed by atoms with Crippen molar-refractivity contribution in [3.63, 3.8) is 0 Å². The minimum atomic E-state index is -1.81. The van der Waals surface area contributed by atoms with Crippen molar-refractivity contribution in [1.29, 1.82) is 0 Å². The molecule has 1 aliphatic heterocycles. The maximum atomic E-state index is 17.2. The van der Waals surface area contributed by atoms with Crippen LogP contribution in [-0.2, 0) is 9.53 Å². The molecule has 3 saturated carbocycles. The number of epoxide rings is 1. The van der Waals surface area contributed by atoms with E-state index in [0.717, 1.165) is 5.57 Å². The van der Waals surface area contributed by atoms with Crippen molar-refractivity contribution in [2.24, 2.45) is 22.7 Å². The number of rotatable bonds is 3. The fourth-order valence-electron chi connectivity index (χ4n) is 8.33. The highest BCUT2D eigenvalue weighted by Crippen LogP contribution is 2.72. The van der Waals surface area contributed by atoms with Gasteiger partial charge in [0.2, 0.25) is 0 Å². The first kappa shape index (κ1) is 21.8. The summed E-state index contributed by atoms with van der Waals surface area (Å²) in [6.45, 7) is 4.16. The molecule has 33 heavy (non-hydrogen) atoms. The second-order valence-corrected chi connectivity index (χ2v) is 11.5. The van der Waals surface area contributed by atoms with Crippen LogP contribution < -0.4 is 4.74 Å². The van der Waals surface area contributed by atoms with Crippen molar-refractivity contribution in [2.45, 2.75) is 82.0 Å². The summed E-state index contributed by atoms with van der Waals surface area (Å²) in [6, 6.07) is 9.32. The van der Waals surface area contributed by atoms with E-state index in [9.17, 15) is 15.0 Å². The molecule has 1 aromatic carbocycles. The fraction of sp³-hybridized carbons (Fsp3) is 0.667. The van der Waals surface area contributed by atoms with E-state index in [-0.39, 0.29) is 30.6 Å². The molecule has 2 N–H and O–H groups in total. The monoisotopic (exact) mass is 456 g/mol. The highest BCUT2D eigenvalue weighted by molar-refractivity contribution is 5.91. The number of ketones is 1. The molecule has 178 valence electrons. The Bertz CT molecular complexity index is 1020. The number of alkyl halides is 1. The van der Waals surface area contributed by atoms with Gasteiger partial charge in [0.05, 0.1) is 6.10 Å². The normalized spacial score (nSPS) is 50.6. The van der Waals surface area contributed by atoms with Gasteiger partial charge in [-0.05, 0) is 62.7 Å². The molecular formula is C27H33FO5. The lowest BCUT2D eigenvalue weighted by Gasteiger charge is -2.63. The minimum Gasteiger partial charge on any atom is -0.457 e. The van der Waals surface area contributed by atoms with Gasteiger partial charge in [-0.2, -0.15) is 0 Å². The van der Waals surface area contributed by atoms with E-state index in [1.54, 1.807) is 6.08 Å². The molecule has 5 nitrogen and oxygen atoms in total. The van der Waals surface area contributed by atoms with Crippen molar-refractivity contribution in [2.75, 3.05) is 6.61 Å². The standard InChI is InChI=1S/C27H33FO5/c1-23-12-10-18(29)14-17(23)8-9-21-20-11-13-25(31,24(20,2)15-22(30)27(21,23)28)26(16-32-26)33-19-6-4-3-5-7-19/h3-7,14,20-22,30-31H,8-13,15-16H2,1-2H3/t20-,21-,22-,23-,24-,25+,26?,27-/m0/s1. The molecule has 0 radical (unpaired) electrons. The quantitative estimate of drug-likeness (QED) is 0.669. The van der Waals surface area contributed by atoms with E-state index < -0.39 is 34.0 Å². The third kappa shape index (κ3) is 2.55. The lowest BCUT2D eigenvalue weighted by atomic mass is 9.43. The van der Waals surface area contributed by atoms with Crippen LogP contribution in [0.25, 0.3) is 0 Å². The van der Waals surface area contributed by atoms with Crippen LogP contribution in [0, 0.1) is 22.7 Å². The molecule has 0 bridgehead atoms. The van der Waals surface area contributed by atoms with Crippen LogP contribution in [0.15, 0.2) is 42.0 Å². The van der Waals surface area contributed by atoms with Gasteiger partial charge in [-0.3, -0.25) is 4.79 Å². The summed E-state index contributed by atoms with van der Waals surface area (Å²) < 4.78 is 29.3. The van der Waals surface area contributed by atoms with E-state index in [1.165, 1.54) is 0 Å². The zero-order valence-corrected chi connectivity index (χ0v) is 19.4. The van der Waals surface area contributed by atoms with Crippen LogP contribution in [0.5, 0.6) is 5.75 Å². The van der Waals surface area contributed by atoms with Crippen LogP contribution in [0.3, 0.4) is 0 Å². The second kappa shape index (κ2) is 6.67. The van der Waals surface area contributed by atoms with Gasteiger partial charge in [0.15, 0.2) is 5.78 Å². The Morgan fingerprint density at radius 3 is 2.52 bits per heavy atom. The molecule has 1 heterocycles. The smallest absolute Gasteiger partial charge is 0.264 e. The average molecular weight is 457 g/mol. The largest absolute Gasteiger partial charge is 0.457 e. The maximum Gasteiger partial charge on any atom is 0.264 e. The fourth-order valence-corrected chi connectivity index (χ4v) is 8.33. The first-order valence-corrected chi connectivity index (χ1v) is 12.3. The lowest BCUT2D eigenvalue weighted by Crippen LogP contribution is -2.70. The minimum absolute atomic E-state index is 0.0563. The van der Waals surface area contributed by atoms with Crippen molar-refractivity contribution < 1.29 is 28.9 Å². The van der Waals surface area contributed by atoms with Gasteiger partial charge in [-0.25, -0.2) is 4.39 Å². The number of hydrogen-bond donors (Lipinski definition) is 2. The Morgan fingerprint density at radius 1 is 1.09 bits per heavy atom. The van der Waals surface area contributed by atoms with E-state index in [0.29, 0.717) is 44.3 Å². The number of carbonyl (C=O) groups excluding carboxylic acids is 1. The predicted octanol–water partition coefficient (Wildman–Crippen LogP) is 4.12. The van der Waals surface area contributed by atoms with Crippen LogP contribution in [0.2, 0.25) is 0 Å². The number of aliphatic hydroxyl groups excluding tert-OH is 1. The van der Waals surface area contributed by atoms with Gasteiger partial charge in [-0.15, -0.1) is 0 Å². The molecule has 0 aromatic heterocycles. The number of carbonyl (C=O) groups is 1.